The molecule has 0 saturated carbocycles. The maximum Gasteiger partial charge on any atom is 0.434 e. The zero-order valence-corrected chi connectivity index (χ0v) is 22.9. The van der Waals surface area contributed by atoms with Crippen LogP contribution in [0.5, 0.6) is 0 Å². The number of alkyl halides is 3. The first kappa shape index (κ1) is 27.0. The molecule has 0 radical (unpaired) electrons. The molecule has 2 fully saturated rings. The molecule has 0 aliphatic carbocycles. The van der Waals surface area contributed by atoms with E-state index in [0.29, 0.717) is 40.4 Å². The second-order valence-electron chi connectivity index (χ2n) is 9.98. The van der Waals surface area contributed by atoms with Gasteiger partial charge in [0.15, 0.2) is 5.69 Å². The SMILES string of the molecule is CCNC(=O)Nc1cc(-c2nc(C(F)(F)F)cs2)c(-c2cc(-c3nn[nH]n3)cnc2N2C3CCC2CN(C)C3)cn1. The van der Waals surface area contributed by atoms with Crippen molar-refractivity contribution < 1.29 is 18.0 Å². The molecule has 6 heterocycles. The molecular weight excluding hydrogens is 559 g/mol. The molecule has 4 aromatic rings. The lowest BCUT2D eigenvalue weighted by molar-refractivity contribution is -0.140. The Labute approximate surface area is 236 Å². The Hall–Kier alpha value is -4.18. The maximum atomic E-state index is 13.5. The molecule has 2 bridgehead atoms. The highest BCUT2D eigenvalue weighted by Crippen LogP contribution is 2.44. The molecule has 2 unspecified atom stereocenters. The molecule has 214 valence electrons. The number of carbonyl (C=O) groups excluding carboxylic acids is 1. The molecule has 2 atom stereocenters. The van der Waals surface area contributed by atoms with Crippen molar-refractivity contribution in [3.8, 4) is 33.1 Å². The van der Waals surface area contributed by atoms with Crippen molar-refractivity contribution >= 4 is 29.0 Å². The van der Waals surface area contributed by atoms with Crippen molar-refractivity contribution in [3.05, 3.63) is 35.6 Å². The second kappa shape index (κ2) is 10.7. The highest BCUT2D eigenvalue weighted by atomic mass is 32.1. The monoisotopic (exact) mass is 585 g/mol. The van der Waals surface area contributed by atoms with E-state index in [1.807, 2.05) is 6.07 Å². The van der Waals surface area contributed by atoms with Crippen LogP contribution in [0.3, 0.4) is 0 Å². The summed E-state index contributed by atoms with van der Waals surface area (Å²) >= 11 is 0.866. The molecule has 41 heavy (non-hydrogen) atoms. The number of tetrazole rings is 1. The smallest absolute Gasteiger partial charge is 0.348 e. The van der Waals surface area contributed by atoms with Gasteiger partial charge < -0.3 is 15.1 Å². The van der Waals surface area contributed by atoms with Crippen LogP contribution in [0.25, 0.3) is 33.1 Å². The Kier molecular flexibility index (Phi) is 7.03. The lowest BCUT2D eigenvalue weighted by Crippen LogP contribution is -2.53. The number of hydrogen-bond acceptors (Lipinski definition) is 10. The number of likely N-dealkylation sites (tertiary alicyclic amines) is 1. The van der Waals surface area contributed by atoms with Crippen molar-refractivity contribution in [1.82, 2.24) is 45.8 Å². The highest BCUT2D eigenvalue weighted by Gasteiger charge is 2.41. The van der Waals surface area contributed by atoms with Gasteiger partial charge in [-0.05, 0) is 44.2 Å². The molecule has 3 N–H and O–H groups in total. The minimum Gasteiger partial charge on any atom is -0.348 e. The average molecular weight is 586 g/mol. The van der Waals surface area contributed by atoms with Gasteiger partial charge in [0.25, 0.3) is 0 Å². The number of pyridine rings is 2. The first-order chi connectivity index (χ1) is 19.7. The van der Waals surface area contributed by atoms with E-state index in [-0.39, 0.29) is 22.9 Å². The fraction of sp³-hybridized carbons (Fsp3) is 0.400. The van der Waals surface area contributed by atoms with Crippen LogP contribution in [0.2, 0.25) is 0 Å². The Morgan fingerprint density at radius 3 is 2.56 bits per heavy atom. The number of likely N-dealkylation sites (N-methyl/N-ethyl adjacent to an activating group) is 1. The Morgan fingerprint density at radius 1 is 1.12 bits per heavy atom. The normalized spacial score (nSPS) is 19.0. The zero-order valence-electron chi connectivity index (χ0n) is 22.1. The molecule has 2 saturated heterocycles. The summed E-state index contributed by atoms with van der Waals surface area (Å²) in [7, 11) is 2.10. The van der Waals surface area contributed by atoms with Gasteiger partial charge >= 0.3 is 12.2 Å². The van der Waals surface area contributed by atoms with Crippen LogP contribution in [-0.2, 0) is 6.18 Å². The third-order valence-electron chi connectivity index (χ3n) is 7.18. The van der Waals surface area contributed by atoms with Crippen molar-refractivity contribution in [1.29, 1.82) is 0 Å². The quantitative estimate of drug-likeness (QED) is 0.307. The molecule has 2 aliphatic rings. The summed E-state index contributed by atoms with van der Waals surface area (Å²) < 4.78 is 40.6. The Balaban J connectivity index is 1.53. The van der Waals surface area contributed by atoms with E-state index in [0.717, 1.165) is 42.6 Å². The van der Waals surface area contributed by atoms with Crippen LogP contribution in [0, 0.1) is 0 Å². The number of carbonyl (C=O) groups is 1. The third-order valence-corrected chi connectivity index (χ3v) is 8.05. The van der Waals surface area contributed by atoms with Gasteiger partial charge in [0.05, 0.1) is 0 Å². The number of anilines is 2. The van der Waals surface area contributed by atoms with Crippen LogP contribution in [0.4, 0.5) is 29.6 Å². The largest absolute Gasteiger partial charge is 0.434 e. The number of hydrogen-bond donors (Lipinski definition) is 3. The van der Waals surface area contributed by atoms with Crippen molar-refractivity contribution in [2.45, 2.75) is 38.0 Å². The fourth-order valence-electron chi connectivity index (χ4n) is 5.49. The van der Waals surface area contributed by atoms with Crippen molar-refractivity contribution in [2.24, 2.45) is 0 Å². The van der Waals surface area contributed by atoms with E-state index < -0.39 is 17.9 Å². The van der Waals surface area contributed by atoms with Crippen LogP contribution in [0.1, 0.15) is 25.5 Å². The maximum absolute atomic E-state index is 13.5. The molecular formula is C25H26F3N11OS. The summed E-state index contributed by atoms with van der Waals surface area (Å²) in [6, 6.07) is 3.36. The summed E-state index contributed by atoms with van der Waals surface area (Å²) in [4.78, 5) is 30.1. The predicted octanol–water partition coefficient (Wildman–Crippen LogP) is 3.89. The molecule has 2 aliphatic heterocycles. The summed E-state index contributed by atoms with van der Waals surface area (Å²) in [6.07, 6.45) is 0.609. The van der Waals surface area contributed by atoms with Gasteiger partial charge in [-0.1, -0.05) is 0 Å². The molecule has 6 rings (SSSR count). The number of nitrogens with zero attached hydrogens (tertiary/aromatic N) is 8. The van der Waals surface area contributed by atoms with Gasteiger partial charge in [-0.25, -0.2) is 19.7 Å². The molecule has 0 aromatic carbocycles. The first-order valence-corrected chi connectivity index (χ1v) is 13.9. The highest BCUT2D eigenvalue weighted by molar-refractivity contribution is 7.13. The van der Waals surface area contributed by atoms with Crippen LogP contribution >= 0.6 is 11.3 Å². The van der Waals surface area contributed by atoms with Gasteiger partial charge in [0.2, 0.25) is 5.82 Å². The van der Waals surface area contributed by atoms with Gasteiger partial charge in [0, 0.05) is 71.7 Å². The van der Waals surface area contributed by atoms with Crippen LogP contribution in [0.15, 0.2) is 29.9 Å². The van der Waals surface area contributed by atoms with E-state index in [2.05, 4.69) is 58.1 Å². The van der Waals surface area contributed by atoms with Crippen molar-refractivity contribution in [3.63, 3.8) is 0 Å². The average Bonchev–Trinajstić information content (AvgIpc) is 3.69. The number of H-pyrrole nitrogens is 1. The van der Waals surface area contributed by atoms with E-state index in [1.165, 1.54) is 12.3 Å². The van der Waals surface area contributed by atoms with Crippen molar-refractivity contribution in [2.75, 3.05) is 36.9 Å². The van der Waals surface area contributed by atoms with Gasteiger partial charge in [-0.15, -0.1) is 21.5 Å². The summed E-state index contributed by atoms with van der Waals surface area (Å²) in [5.41, 5.74) is 1.12. The number of piperazine rings is 1. The van der Waals surface area contributed by atoms with Crippen LogP contribution < -0.4 is 15.5 Å². The first-order valence-electron chi connectivity index (χ1n) is 13.0. The minimum atomic E-state index is -4.60. The zero-order chi connectivity index (χ0) is 28.7. The minimum absolute atomic E-state index is 0.130. The van der Waals surface area contributed by atoms with E-state index in [1.54, 1.807) is 13.1 Å². The molecule has 16 heteroatoms. The summed E-state index contributed by atoms with van der Waals surface area (Å²) in [6.45, 7) is 3.90. The second-order valence-corrected chi connectivity index (χ2v) is 10.8. The Morgan fingerprint density at radius 2 is 1.90 bits per heavy atom. The fourth-order valence-corrected chi connectivity index (χ4v) is 6.35. The van der Waals surface area contributed by atoms with Gasteiger partial charge in [0.1, 0.15) is 16.6 Å². The number of aromatic amines is 1. The molecule has 0 spiro atoms. The lowest BCUT2D eigenvalue weighted by atomic mass is 9.99. The molecule has 12 nitrogen and oxygen atoms in total. The van der Waals surface area contributed by atoms with E-state index >= 15 is 0 Å². The number of amides is 2. The van der Waals surface area contributed by atoms with E-state index in [4.69, 9.17) is 4.98 Å². The number of halogens is 3. The third kappa shape index (κ3) is 5.31. The Bertz CT molecular complexity index is 1540. The molecule has 2 amide bonds. The van der Waals surface area contributed by atoms with Gasteiger partial charge in [-0.2, -0.15) is 18.4 Å². The topological polar surface area (TPSA) is 141 Å². The predicted molar refractivity (Wildman–Crippen MR) is 146 cm³/mol. The molecule has 4 aromatic heterocycles. The number of rotatable bonds is 6. The lowest BCUT2D eigenvalue weighted by Gasteiger charge is -2.41. The number of nitrogens with one attached hydrogen (secondary N) is 3. The summed E-state index contributed by atoms with van der Waals surface area (Å²) in [5, 5.41) is 20.6. The van der Waals surface area contributed by atoms with E-state index in [9.17, 15) is 18.0 Å². The van der Waals surface area contributed by atoms with Crippen LogP contribution in [-0.4, -0.2) is 85.3 Å². The summed E-state index contributed by atoms with van der Waals surface area (Å²) in [5.74, 6) is 1.18. The van der Waals surface area contributed by atoms with Gasteiger partial charge in [-0.3, -0.25) is 5.32 Å². The number of urea groups is 1. The number of aromatic nitrogens is 7. The number of fused-ring (bicyclic) bond motifs is 2. The number of thiazole rings is 1. The standard InChI is InChI=1S/C25H26F3N11OS/c1-3-29-24(40)33-20-7-17(23-32-19(12-41-23)25(26,27)28)18(9-30-20)16-6-13(21-34-36-37-35-21)8-31-22(16)39-14-4-5-15(39)11-38(2)10-14/h6-9,12,14-15H,3-5,10-11H2,1-2H3,(H2,29,30,33,40)(H,34,35,36,37).